The predicted molar refractivity (Wildman–Crippen MR) is 75.3 cm³/mol. The highest BCUT2D eigenvalue weighted by Gasteiger charge is 2.05. The molecule has 0 unspecified atom stereocenters. The fourth-order valence-corrected chi connectivity index (χ4v) is 1.64. The number of carboxylic acid groups (broad SMARTS) is 1. The molecule has 21 heavy (non-hydrogen) atoms. The van der Waals surface area contributed by atoms with Crippen molar-refractivity contribution in [3.63, 3.8) is 0 Å². The minimum Gasteiger partial charge on any atom is -0.507 e. The second-order valence-electron chi connectivity index (χ2n) is 4.23. The first-order chi connectivity index (χ1) is 9.95. The molecule has 0 saturated heterocycles. The Morgan fingerprint density at radius 1 is 1.33 bits per heavy atom. The van der Waals surface area contributed by atoms with Crippen molar-refractivity contribution in [2.24, 2.45) is 0 Å². The molecule has 0 spiro atoms. The van der Waals surface area contributed by atoms with Crippen LogP contribution in [0, 0.1) is 12.7 Å². The smallest absolute Gasteiger partial charge is 0.411 e. The molecule has 0 aliphatic carbocycles. The zero-order chi connectivity index (χ0) is 15.4. The first-order valence-electron chi connectivity index (χ1n) is 5.96. The summed E-state index contributed by atoms with van der Waals surface area (Å²) in [6.45, 7) is 1.59. The van der Waals surface area contributed by atoms with E-state index in [4.69, 9.17) is 5.11 Å². The maximum Gasteiger partial charge on any atom is 0.411 e. The van der Waals surface area contributed by atoms with Crippen LogP contribution in [0.5, 0.6) is 0 Å². The molecule has 6 nitrogen and oxygen atoms in total. The van der Waals surface area contributed by atoms with Crippen molar-refractivity contribution in [2.45, 2.75) is 6.92 Å². The Morgan fingerprint density at radius 3 is 2.76 bits per heavy atom. The Morgan fingerprint density at radius 2 is 2.10 bits per heavy atom. The number of carbonyl (C=O) groups is 1. The average molecular weight is 289 g/mol. The van der Waals surface area contributed by atoms with Crippen LogP contribution in [0.3, 0.4) is 0 Å². The van der Waals surface area contributed by atoms with Gasteiger partial charge in [-0.05, 0) is 36.8 Å². The molecular weight excluding hydrogens is 277 g/mol. The third-order valence-electron chi connectivity index (χ3n) is 2.63. The monoisotopic (exact) mass is 289 g/mol. The van der Waals surface area contributed by atoms with E-state index >= 15 is 0 Å². The van der Waals surface area contributed by atoms with Gasteiger partial charge in [0.05, 0.1) is 5.69 Å². The topological polar surface area (TPSA) is 95.3 Å². The van der Waals surface area contributed by atoms with Gasteiger partial charge in [0, 0.05) is 17.8 Å². The van der Waals surface area contributed by atoms with Gasteiger partial charge in [-0.25, -0.2) is 19.2 Å². The van der Waals surface area contributed by atoms with Crippen LogP contribution in [0.4, 0.5) is 15.1 Å². The molecule has 2 aromatic rings. The summed E-state index contributed by atoms with van der Waals surface area (Å²) in [4.78, 5) is 18.1. The van der Waals surface area contributed by atoms with Crippen molar-refractivity contribution >= 4 is 23.9 Å². The molecule has 0 bridgehead atoms. The molecular formula is C14H12FN3O3. The number of nitrogens with one attached hydrogen (secondary N) is 1. The summed E-state index contributed by atoms with van der Waals surface area (Å²) >= 11 is 0. The van der Waals surface area contributed by atoms with Crippen molar-refractivity contribution in [1.82, 2.24) is 9.97 Å². The van der Waals surface area contributed by atoms with Gasteiger partial charge >= 0.3 is 6.09 Å². The van der Waals surface area contributed by atoms with E-state index in [0.717, 1.165) is 0 Å². The maximum absolute atomic E-state index is 13.2. The van der Waals surface area contributed by atoms with Gasteiger partial charge in [-0.2, -0.15) is 0 Å². The number of aliphatic hydroxyl groups is 1. The number of benzene rings is 1. The summed E-state index contributed by atoms with van der Waals surface area (Å²) in [7, 11) is 0. The molecule has 1 aromatic heterocycles. The fourth-order valence-electron chi connectivity index (χ4n) is 1.64. The lowest BCUT2D eigenvalue weighted by Gasteiger charge is -2.04. The lowest BCUT2D eigenvalue weighted by atomic mass is 10.1. The first kappa shape index (κ1) is 14.4. The number of anilines is 1. The Kier molecular flexibility index (Phi) is 4.13. The molecule has 1 heterocycles. The van der Waals surface area contributed by atoms with E-state index in [9.17, 15) is 14.3 Å². The van der Waals surface area contributed by atoms with E-state index in [1.165, 1.54) is 36.5 Å². The number of halogens is 1. The molecule has 0 fully saturated rings. The van der Waals surface area contributed by atoms with Crippen molar-refractivity contribution in [3.05, 3.63) is 53.1 Å². The zero-order valence-electron chi connectivity index (χ0n) is 11.0. The second kappa shape index (κ2) is 6.00. The van der Waals surface area contributed by atoms with Gasteiger partial charge in [-0.3, -0.25) is 5.32 Å². The Bertz CT molecular complexity index is 716. The summed E-state index contributed by atoms with van der Waals surface area (Å²) < 4.78 is 13.2. The van der Waals surface area contributed by atoms with E-state index in [0.29, 0.717) is 16.8 Å². The average Bonchev–Trinajstić information content (AvgIpc) is 2.41. The van der Waals surface area contributed by atoms with Crippen molar-refractivity contribution < 1.29 is 19.4 Å². The largest absolute Gasteiger partial charge is 0.507 e. The third-order valence-corrected chi connectivity index (χ3v) is 2.63. The number of rotatable bonds is 3. The van der Waals surface area contributed by atoms with E-state index in [-0.39, 0.29) is 17.5 Å². The first-order valence-corrected chi connectivity index (χ1v) is 5.96. The van der Waals surface area contributed by atoms with Crippen LogP contribution < -0.4 is 5.32 Å². The standard InChI is InChI=1S/C14H12FN3O3/c1-8-6-9(2-3-11(8)15)12(19)7-10-4-5-16-13(17-10)18-14(20)21/h2-7,19H,1H3,(H,20,21)(H,16,17,18)/b12-7-. The number of aliphatic hydroxyl groups excluding tert-OH is 1. The van der Waals surface area contributed by atoms with Gasteiger partial charge < -0.3 is 10.2 Å². The van der Waals surface area contributed by atoms with Crippen LogP contribution >= 0.6 is 0 Å². The Labute approximate surface area is 119 Å². The van der Waals surface area contributed by atoms with Crippen LogP contribution in [0.1, 0.15) is 16.8 Å². The molecule has 7 heteroatoms. The maximum atomic E-state index is 13.2. The normalized spacial score (nSPS) is 11.2. The number of hydrogen-bond donors (Lipinski definition) is 3. The number of hydrogen-bond acceptors (Lipinski definition) is 4. The van der Waals surface area contributed by atoms with E-state index in [1.54, 1.807) is 6.92 Å². The SMILES string of the molecule is Cc1cc(/C(O)=C/c2ccnc(NC(=O)O)n2)ccc1F. The van der Waals surface area contributed by atoms with Crippen molar-refractivity contribution in [3.8, 4) is 0 Å². The Hall–Kier alpha value is -2.96. The molecule has 0 saturated carbocycles. The highest BCUT2D eigenvalue weighted by Crippen LogP contribution is 2.18. The second-order valence-corrected chi connectivity index (χ2v) is 4.23. The van der Waals surface area contributed by atoms with Crippen molar-refractivity contribution in [2.75, 3.05) is 5.32 Å². The Balaban J connectivity index is 2.29. The highest BCUT2D eigenvalue weighted by molar-refractivity contribution is 5.81. The van der Waals surface area contributed by atoms with E-state index < -0.39 is 6.09 Å². The number of nitrogens with zero attached hydrogens (tertiary/aromatic N) is 2. The summed E-state index contributed by atoms with van der Waals surface area (Å²) in [5, 5.41) is 20.6. The van der Waals surface area contributed by atoms with Gasteiger partial charge in [0.25, 0.3) is 0 Å². The molecule has 0 aliphatic rings. The van der Waals surface area contributed by atoms with Crippen molar-refractivity contribution in [1.29, 1.82) is 0 Å². The molecule has 3 N–H and O–H groups in total. The van der Waals surface area contributed by atoms with Crippen LogP contribution in [-0.4, -0.2) is 26.3 Å². The summed E-state index contributed by atoms with van der Waals surface area (Å²) in [5.74, 6) is -0.570. The third kappa shape index (κ3) is 3.75. The van der Waals surface area contributed by atoms with Crippen LogP contribution in [0.25, 0.3) is 11.8 Å². The summed E-state index contributed by atoms with van der Waals surface area (Å²) in [6.07, 6.45) is 1.41. The van der Waals surface area contributed by atoms with Crippen LogP contribution in [-0.2, 0) is 0 Å². The molecule has 0 atom stereocenters. The molecule has 108 valence electrons. The predicted octanol–water partition coefficient (Wildman–Crippen LogP) is 3.07. The van der Waals surface area contributed by atoms with Gasteiger partial charge in [0.2, 0.25) is 5.95 Å². The quantitative estimate of drug-likeness (QED) is 0.755. The number of amides is 1. The summed E-state index contributed by atoms with van der Waals surface area (Å²) in [6, 6.07) is 5.69. The molecule has 2 rings (SSSR count). The van der Waals surface area contributed by atoms with Crippen LogP contribution in [0.15, 0.2) is 30.5 Å². The van der Waals surface area contributed by atoms with Gasteiger partial charge in [-0.15, -0.1) is 0 Å². The molecule has 0 aliphatic heterocycles. The minimum atomic E-state index is -1.28. The molecule has 0 radical (unpaired) electrons. The lowest BCUT2D eigenvalue weighted by molar-refractivity contribution is 0.209. The van der Waals surface area contributed by atoms with Gasteiger partial charge in [-0.1, -0.05) is 0 Å². The minimum absolute atomic E-state index is 0.0978. The van der Waals surface area contributed by atoms with Crippen LogP contribution in [0.2, 0.25) is 0 Å². The zero-order valence-corrected chi connectivity index (χ0v) is 11.0. The lowest BCUT2D eigenvalue weighted by Crippen LogP contribution is -2.10. The number of aryl methyl sites for hydroxylation is 1. The highest BCUT2D eigenvalue weighted by atomic mass is 19.1. The van der Waals surface area contributed by atoms with E-state index in [2.05, 4.69) is 9.97 Å². The molecule has 1 aromatic carbocycles. The van der Waals surface area contributed by atoms with Gasteiger partial charge in [0.1, 0.15) is 11.6 Å². The van der Waals surface area contributed by atoms with E-state index in [1.807, 2.05) is 5.32 Å². The molecule has 1 amide bonds. The number of aromatic nitrogens is 2. The fraction of sp³-hybridized carbons (Fsp3) is 0.0714. The van der Waals surface area contributed by atoms with Gasteiger partial charge in [0.15, 0.2) is 0 Å². The summed E-state index contributed by atoms with van der Waals surface area (Å²) in [5.41, 5.74) is 1.15.